The number of allylic oxidation sites excluding steroid dienone is 1. The van der Waals surface area contributed by atoms with Gasteiger partial charge in [0.25, 0.3) is 0 Å². The van der Waals surface area contributed by atoms with Crippen LogP contribution in [0.25, 0.3) is 0 Å². The van der Waals surface area contributed by atoms with Crippen LogP contribution in [-0.2, 0) is 0 Å². The molecule has 8 heavy (non-hydrogen) atoms. The molecule has 0 aromatic heterocycles. The van der Waals surface area contributed by atoms with Crippen LogP contribution >= 0.6 is 35.2 Å². The molecule has 46 valence electrons. The van der Waals surface area contributed by atoms with E-state index < -0.39 is 0 Å². The molecule has 1 unspecified atom stereocenters. The first-order chi connectivity index (χ1) is 3.84. The largest absolute Gasteiger partial charge is 0.152 e. The first-order valence-electron chi connectivity index (χ1n) is 2.79. The number of rotatable bonds is 1. The van der Waals surface area contributed by atoms with E-state index in [-0.39, 0.29) is 0 Å². The highest BCUT2D eigenvalue weighted by molar-refractivity contribution is 14.1. The Balaban J connectivity index is 2.27. The number of hydrogen-bond donors (Lipinski definition) is 1. The van der Waals surface area contributed by atoms with Gasteiger partial charge in [-0.25, -0.2) is 0 Å². The zero-order valence-electron chi connectivity index (χ0n) is 4.55. The van der Waals surface area contributed by atoms with E-state index in [9.17, 15) is 0 Å². The predicted molar refractivity (Wildman–Crippen MR) is 48.7 cm³/mol. The van der Waals surface area contributed by atoms with Crippen molar-refractivity contribution in [2.75, 3.05) is 0 Å². The van der Waals surface area contributed by atoms with Gasteiger partial charge in [0.15, 0.2) is 0 Å². The highest BCUT2D eigenvalue weighted by Gasteiger charge is 2.24. The fraction of sp³-hybridized carbons (Fsp3) is 0.667. The van der Waals surface area contributed by atoms with Gasteiger partial charge in [-0.2, -0.15) is 12.6 Å². The molecule has 1 fully saturated rings. The maximum absolute atomic E-state index is 4.00. The number of alkyl halides is 1. The highest BCUT2D eigenvalue weighted by atomic mass is 127. The lowest BCUT2D eigenvalue weighted by atomic mass is 9.86. The Morgan fingerprint density at radius 1 is 1.50 bits per heavy atom. The Bertz CT molecular complexity index is 101. The number of thiol groups is 1. The zero-order chi connectivity index (χ0) is 5.98. The van der Waals surface area contributed by atoms with Gasteiger partial charge in [-0.05, 0) is 24.2 Å². The molecular weight excluding hydrogens is 231 g/mol. The van der Waals surface area contributed by atoms with Gasteiger partial charge in [-0.15, -0.1) is 0 Å². The lowest BCUT2D eigenvalue weighted by molar-refractivity contribution is 0.421. The summed E-state index contributed by atoms with van der Waals surface area (Å²) in [6, 6.07) is 0. The zero-order valence-corrected chi connectivity index (χ0v) is 7.60. The second-order valence-corrected chi connectivity index (χ2v) is 4.00. The molecule has 0 amide bonds. The molecule has 2 atom stereocenters. The van der Waals surface area contributed by atoms with Crippen LogP contribution in [0.2, 0.25) is 0 Å². The molecule has 2 heteroatoms. The topological polar surface area (TPSA) is 0 Å². The first kappa shape index (κ1) is 6.93. The van der Waals surface area contributed by atoms with Gasteiger partial charge >= 0.3 is 0 Å². The highest BCUT2D eigenvalue weighted by Crippen LogP contribution is 2.35. The van der Waals surface area contributed by atoms with Crippen molar-refractivity contribution in [1.29, 1.82) is 0 Å². The smallest absolute Gasteiger partial charge is 0.0173 e. The van der Waals surface area contributed by atoms with Gasteiger partial charge in [0.05, 0.1) is 0 Å². The Morgan fingerprint density at radius 3 is 2.38 bits per heavy atom. The number of halogens is 1. The Morgan fingerprint density at radius 2 is 2.25 bits per heavy atom. The molecule has 0 aromatic rings. The quantitative estimate of drug-likeness (QED) is 0.406. The molecule has 0 saturated heterocycles. The predicted octanol–water partition coefficient (Wildman–Crippen LogP) is 2.64. The summed E-state index contributed by atoms with van der Waals surface area (Å²) < 4.78 is 0.885. The Hall–Kier alpha value is 0.820. The average molecular weight is 240 g/mol. The van der Waals surface area contributed by atoms with Gasteiger partial charge in [-0.1, -0.05) is 28.7 Å². The molecule has 1 aliphatic carbocycles. The maximum Gasteiger partial charge on any atom is 0.0173 e. The third kappa shape index (κ3) is 1.41. The summed E-state index contributed by atoms with van der Waals surface area (Å²) >= 11 is 6.50. The summed E-state index contributed by atoms with van der Waals surface area (Å²) in [6.45, 7) is 0. The van der Waals surface area contributed by atoms with Crippen LogP contribution in [0.1, 0.15) is 12.8 Å². The molecule has 0 aliphatic heterocycles. The van der Waals surface area contributed by atoms with Crippen molar-refractivity contribution < 1.29 is 0 Å². The first-order valence-corrected chi connectivity index (χ1v) is 4.55. The van der Waals surface area contributed by atoms with E-state index >= 15 is 0 Å². The summed E-state index contributed by atoms with van der Waals surface area (Å²) in [4.78, 5) is 0. The average Bonchev–Trinajstić information content (AvgIpc) is 1.79. The minimum Gasteiger partial charge on any atom is -0.152 e. The van der Waals surface area contributed by atoms with Crippen LogP contribution in [0.3, 0.4) is 0 Å². The van der Waals surface area contributed by atoms with Gasteiger partial charge in [0.2, 0.25) is 0 Å². The SMILES string of the molecule is S/C=C\C1CC[C@H]1I. The minimum absolute atomic E-state index is 0.827. The molecule has 1 saturated carbocycles. The fourth-order valence-corrected chi connectivity index (χ4v) is 1.99. The molecule has 1 aliphatic rings. The van der Waals surface area contributed by atoms with Gasteiger partial charge in [0, 0.05) is 3.92 Å². The van der Waals surface area contributed by atoms with Crippen molar-refractivity contribution in [3.8, 4) is 0 Å². The van der Waals surface area contributed by atoms with Crippen molar-refractivity contribution in [2.45, 2.75) is 16.8 Å². The van der Waals surface area contributed by atoms with Crippen molar-refractivity contribution >= 4 is 35.2 Å². The molecule has 0 aromatic carbocycles. The second kappa shape index (κ2) is 3.11. The molecule has 0 nitrogen and oxygen atoms in total. The van der Waals surface area contributed by atoms with E-state index in [1.165, 1.54) is 12.8 Å². The van der Waals surface area contributed by atoms with Gasteiger partial charge in [0.1, 0.15) is 0 Å². The summed E-state index contributed by atoms with van der Waals surface area (Å²) in [7, 11) is 0. The second-order valence-electron chi connectivity index (χ2n) is 2.10. The lowest BCUT2D eigenvalue weighted by Gasteiger charge is -2.29. The molecule has 0 spiro atoms. The van der Waals surface area contributed by atoms with E-state index in [4.69, 9.17) is 0 Å². The Labute approximate surface area is 69.3 Å². The van der Waals surface area contributed by atoms with Gasteiger partial charge in [-0.3, -0.25) is 0 Å². The van der Waals surface area contributed by atoms with Crippen LogP contribution < -0.4 is 0 Å². The van der Waals surface area contributed by atoms with Crippen molar-refractivity contribution in [1.82, 2.24) is 0 Å². The van der Waals surface area contributed by atoms with E-state index in [1.54, 1.807) is 0 Å². The molecule has 0 N–H and O–H groups in total. The molecule has 0 bridgehead atoms. The van der Waals surface area contributed by atoms with Crippen molar-refractivity contribution in [3.63, 3.8) is 0 Å². The normalized spacial score (nSPS) is 37.8. The monoisotopic (exact) mass is 240 g/mol. The van der Waals surface area contributed by atoms with Crippen molar-refractivity contribution in [3.05, 3.63) is 11.5 Å². The van der Waals surface area contributed by atoms with Crippen molar-refractivity contribution in [2.24, 2.45) is 5.92 Å². The van der Waals surface area contributed by atoms with Crippen LogP contribution in [0.15, 0.2) is 11.5 Å². The summed E-state index contributed by atoms with van der Waals surface area (Å²) in [5.41, 5.74) is 0. The third-order valence-electron chi connectivity index (χ3n) is 1.57. The fourth-order valence-electron chi connectivity index (χ4n) is 0.812. The third-order valence-corrected chi connectivity index (χ3v) is 3.29. The van der Waals surface area contributed by atoms with Crippen LogP contribution in [0.4, 0.5) is 0 Å². The van der Waals surface area contributed by atoms with E-state index in [2.05, 4.69) is 41.3 Å². The standard InChI is InChI=1S/C6H9IS/c7-6-2-1-5(6)3-4-8/h3-6,8H,1-2H2/b4-3-/t5?,6-/m1/s1. The summed E-state index contributed by atoms with van der Waals surface area (Å²) in [5, 5.41) is 1.86. The summed E-state index contributed by atoms with van der Waals surface area (Å²) in [6.07, 6.45) is 4.94. The molecule has 0 heterocycles. The Kier molecular flexibility index (Phi) is 2.69. The molecular formula is C6H9IS. The van der Waals surface area contributed by atoms with E-state index in [0.29, 0.717) is 0 Å². The lowest BCUT2D eigenvalue weighted by Crippen LogP contribution is -2.23. The maximum atomic E-state index is 4.00. The van der Waals surface area contributed by atoms with Crippen LogP contribution in [0, 0.1) is 5.92 Å². The van der Waals surface area contributed by atoms with E-state index in [0.717, 1.165) is 9.84 Å². The van der Waals surface area contributed by atoms with Crippen LogP contribution in [0.5, 0.6) is 0 Å². The van der Waals surface area contributed by atoms with Crippen LogP contribution in [-0.4, -0.2) is 3.92 Å². The molecule has 0 radical (unpaired) electrons. The van der Waals surface area contributed by atoms with E-state index in [1.807, 2.05) is 5.41 Å². The minimum atomic E-state index is 0.827. The molecule has 1 rings (SSSR count). The van der Waals surface area contributed by atoms with Gasteiger partial charge < -0.3 is 0 Å². The summed E-state index contributed by atoms with van der Waals surface area (Å²) in [5.74, 6) is 0.827. The number of hydrogen-bond acceptors (Lipinski definition) is 1.